The maximum Gasteiger partial charge on any atom is 0.134 e. The van der Waals surface area contributed by atoms with Crippen molar-refractivity contribution in [2.75, 3.05) is 5.32 Å². The quantitative estimate of drug-likeness (QED) is 0.266. The molecule has 36 heavy (non-hydrogen) atoms. The molecule has 0 radical (unpaired) electrons. The zero-order valence-electron chi connectivity index (χ0n) is 19.4. The summed E-state index contributed by atoms with van der Waals surface area (Å²) in [5, 5.41) is 15.2. The van der Waals surface area contributed by atoms with Crippen molar-refractivity contribution in [3.63, 3.8) is 0 Å². The van der Waals surface area contributed by atoms with E-state index in [2.05, 4.69) is 115 Å². The van der Waals surface area contributed by atoms with Crippen LogP contribution in [0, 0.1) is 11.8 Å². The molecule has 3 atom stereocenters. The highest BCUT2D eigenvalue weighted by Gasteiger charge is 2.35. The van der Waals surface area contributed by atoms with Crippen molar-refractivity contribution in [2.45, 2.75) is 10.4 Å². The predicted octanol–water partition coefficient (Wildman–Crippen LogP) is 6.96. The first kappa shape index (κ1) is 20.6. The highest BCUT2D eigenvalue weighted by Crippen LogP contribution is 2.50. The molecular weight excluding hydrogens is 477 g/mol. The minimum Gasteiger partial charge on any atom is -0.359 e. The van der Waals surface area contributed by atoms with Gasteiger partial charge < -0.3 is 5.32 Å². The molecule has 0 saturated carbocycles. The van der Waals surface area contributed by atoms with Crippen LogP contribution < -0.4 is 15.8 Å². The number of anilines is 1. The first-order valence-electron chi connectivity index (χ1n) is 12.3. The lowest BCUT2D eigenvalue weighted by molar-refractivity contribution is 0.690. The van der Waals surface area contributed by atoms with Crippen molar-refractivity contribution in [3.05, 3.63) is 114 Å². The summed E-state index contributed by atoms with van der Waals surface area (Å²) in [5.41, 5.74) is 2.71. The summed E-state index contributed by atoms with van der Waals surface area (Å²) in [4.78, 5) is 5.23. The van der Waals surface area contributed by atoms with E-state index >= 15 is 0 Å². The van der Waals surface area contributed by atoms with Crippen molar-refractivity contribution in [2.24, 2.45) is 11.8 Å². The average Bonchev–Trinajstić information content (AvgIpc) is 3.49. The Hall–Kier alpha value is -3.60. The van der Waals surface area contributed by atoms with Gasteiger partial charge >= 0.3 is 0 Å². The number of aromatic nitrogens is 1. The molecule has 4 aromatic carbocycles. The fourth-order valence-electron chi connectivity index (χ4n) is 5.93. The van der Waals surface area contributed by atoms with Crippen molar-refractivity contribution in [1.29, 1.82) is 0 Å². The van der Waals surface area contributed by atoms with Crippen LogP contribution in [-0.4, -0.2) is 10.4 Å². The van der Waals surface area contributed by atoms with Crippen LogP contribution in [0.3, 0.4) is 0 Å². The number of hydrogen-bond acceptors (Lipinski definition) is 4. The number of benzene rings is 4. The van der Waals surface area contributed by atoms with E-state index in [9.17, 15) is 0 Å². The number of rotatable bonds is 2. The molecular formula is C32H22N2S2. The third-order valence-corrected chi connectivity index (χ3v) is 9.80. The molecule has 0 fully saturated rings. The molecule has 5 aromatic rings. The van der Waals surface area contributed by atoms with Gasteiger partial charge in [0.25, 0.3) is 0 Å². The van der Waals surface area contributed by atoms with Crippen molar-refractivity contribution in [3.8, 4) is 10.6 Å². The van der Waals surface area contributed by atoms with Crippen molar-refractivity contribution >= 4 is 61.3 Å². The minimum absolute atomic E-state index is 0.190. The lowest BCUT2D eigenvalue weighted by Gasteiger charge is -2.31. The van der Waals surface area contributed by atoms with Crippen LogP contribution >= 0.6 is 23.1 Å². The van der Waals surface area contributed by atoms with Crippen LogP contribution in [-0.2, 0) is 0 Å². The van der Waals surface area contributed by atoms with Crippen molar-refractivity contribution in [1.82, 2.24) is 4.98 Å². The Morgan fingerprint density at radius 1 is 0.778 bits per heavy atom. The van der Waals surface area contributed by atoms with Gasteiger partial charge in [-0.2, -0.15) is 0 Å². The van der Waals surface area contributed by atoms with E-state index in [-0.39, 0.29) is 5.37 Å². The van der Waals surface area contributed by atoms with Gasteiger partial charge in [-0.3, -0.25) is 0 Å². The maximum absolute atomic E-state index is 5.23. The fourth-order valence-corrected chi connectivity index (χ4v) is 8.42. The highest BCUT2D eigenvalue weighted by atomic mass is 32.2. The lowest BCUT2D eigenvalue weighted by Crippen LogP contribution is -2.40. The van der Waals surface area contributed by atoms with Gasteiger partial charge in [0.2, 0.25) is 0 Å². The van der Waals surface area contributed by atoms with Gasteiger partial charge in [-0.1, -0.05) is 126 Å². The Bertz CT molecular complexity index is 1800. The molecule has 1 N–H and O–H groups in total. The van der Waals surface area contributed by atoms with E-state index in [4.69, 9.17) is 4.98 Å². The van der Waals surface area contributed by atoms with Crippen LogP contribution in [0.25, 0.3) is 43.8 Å². The molecule has 1 aliphatic heterocycles. The number of fused-ring (bicyclic) bond motifs is 5. The number of nitrogens with zero attached hydrogens (tertiary/aromatic N) is 1. The average molecular weight is 499 g/mol. The Morgan fingerprint density at radius 3 is 2.31 bits per heavy atom. The van der Waals surface area contributed by atoms with E-state index in [1.165, 1.54) is 48.1 Å². The van der Waals surface area contributed by atoms with Gasteiger partial charge in [0, 0.05) is 17.4 Å². The molecule has 8 rings (SSSR count). The van der Waals surface area contributed by atoms with E-state index in [1.54, 1.807) is 11.3 Å². The molecule has 3 unspecified atom stereocenters. The Kier molecular flexibility index (Phi) is 4.55. The molecule has 2 heterocycles. The molecule has 2 aliphatic carbocycles. The minimum atomic E-state index is 0.190. The fraction of sp³-hybridized carbons (Fsp3) is 0.0938. The van der Waals surface area contributed by atoms with E-state index in [0.29, 0.717) is 11.8 Å². The predicted molar refractivity (Wildman–Crippen MR) is 155 cm³/mol. The molecule has 0 amide bonds. The third-order valence-electron chi connectivity index (χ3n) is 7.54. The molecule has 0 saturated heterocycles. The molecule has 0 bridgehead atoms. The summed E-state index contributed by atoms with van der Waals surface area (Å²) in [5.74, 6) is 0.789. The summed E-state index contributed by atoms with van der Waals surface area (Å²) in [6.07, 6.45) is 11.5. The number of hydrogen-bond donors (Lipinski definition) is 1. The summed E-state index contributed by atoms with van der Waals surface area (Å²) in [7, 11) is 0. The standard InChI is InChI=1S/C32H22N2S2/c1-5-13-23-19(9-1)17-20-10-2-6-14-24(20)27(23)29-33-31-32(35-29)34-30(36-31)28-25-15-7-3-11-21(25)18-22-12-4-8-16-26(22)28/h1-19,23,29,33H. The molecule has 2 nitrogen and oxygen atoms in total. The van der Waals surface area contributed by atoms with Gasteiger partial charge in [0.1, 0.15) is 20.4 Å². The first-order chi connectivity index (χ1) is 17.8. The second-order valence-corrected chi connectivity index (χ2v) is 11.7. The zero-order valence-corrected chi connectivity index (χ0v) is 21.0. The number of allylic oxidation sites excluding steroid dienone is 4. The zero-order chi connectivity index (χ0) is 23.6. The van der Waals surface area contributed by atoms with Crippen LogP contribution in [0.5, 0.6) is 0 Å². The molecule has 0 spiro atoms. The number of nitrogens with one attached hydrogen (secondary N) is 1. The monoisotopic (exact) mass is 498 g/mol. The largest absolute Gasteiger partial charge is 0.359 e. The second kappa shape index (κ2) is 7.95. The Balaban J connectivity index is 1.25. The van der Waals surface area contributed by atoms with Crippen LogP contribution in [0.2, 0.25) is 0 Å². The lowest BCUT2D eigenvalue weighted by atomic mass is 9.78. The molecule has 1 aromatic heterocycles. The van der Waals surface area contributed by atoms with Gasteiger partial charge in [0.05, 0.1) is 0 Å². The van der Waals surface area contributed by atoms with Gasteiger partial charge in [0.15, 0.2) is 0 Å². The summed E-state index contributed by atoms with van der Waals surface area (Å²) < 4.78 is 0. The Labute approximate surface area is 217 Å². The highest BCUT2D eigenvalue weighted by molar-refractivity contribution is 8.01. The maximum atomic E-state index is 5.23. The Morgan fingerprint density at radius 2 is 1.50 bits per heavy atom. The van der Waals surface area contributed by atoms with Gasteiger partial charge in [-0.15, -0.1) is 0 Å². The topological polar surface area (TPSA) is 24.9 Å². The smallest absolute Gasteiger partial charge is 0.134 e. The molecule has 172 valence electrons. The molecule has 3 aliphatic rings. The van der Waals surface area contributed by atoms with E-state index in [0.717, 1.165) is 10.0 Å². The third kappa shape index (κ3) is 3.08. The van der Waals surface area contributed by atoms with E-state index < -0.39 is 0 Å². The summed E-state index contributed by atoms with van der Waals surface area (Å²) >= 11 is 3.65. The van der Waals surface area contributed by atoms with E-state index in [1.807, 2.05) is 11.8 Å². The van der Waals surface area contributed by atoms with Gasteiger partial charge in [-0.25, -0.2) is 4.98 Å². The molecule has 4 heteroatoms. The van der Waals surface area contributed by atoms with Crippen molar-refractivity contribution < 1.29 is 0 Å². The number of thioether (sulfide) groups is 1. The van der Waals surface area contributed by atoms with Crippen LogP contribution in [0.15, 0.2) is 108 Å². The second-order valence-electron chi connectivity index (χ2n) is 9.57. The summed E-state index contributed by atoms with van der Waals surface area (Å²) in [6.45, 7) is 0. The van der Waals surface area contributed by atoms with Crippen LogP contribution in [0.4, 0.5) is 5.00 Å². The number of thiazole rings is 1. The van der Waals surface area contributed by atoms with Crippen LogP contribution in [0.1, 0.15) is 0 Å². The van der Waals surface area contributed by atoms with Gasteiger partial charge in [-0.05, 0) is 43.6 Å². The summed E-state index contributed by atoms with van der Waals surface area (Å²) in [6, 6.07) is 28.4. The SMILES string of the molecule is C1=CC2C=c3ccccc3=C(C3Nc4sc(-c5c6ccccc6cc6ccccc56)nc4S3)C2C=C1. The first-order valence-corrected chi connectivity index (χ1v) is 14.0. The normalized spacial score (nSPS) is 21.7.